The third kappa shape index (κ3) is 2.66. The van der Waals surface area contributed by atoms with Gasteiger partial charge in [-0.05, 0) is 12.8 Å². The number of carboxylic acids is 2. The molecule has 0 aliphatic carbocycles. The molecular weight excluding hydrogens is 236 g/mol. The Balaban J connectivity index is 2.82. The standard InChI is InChI=1S/C9H12O6S/c10-6(7(11)12)5-9(8(13)14)1-3-16(15)4-2-9/h1-5H2,(H,11,12)(H,13,14). The van der Waals surface area contributed by atoms with Gasteiger partial charge in [0.2, 0.25) is 5.78 Å². The zero-order valence-electron chi connectivity index (χ0n) is 8.47. The molecule has 90 valence electrons. The molecule has 16 heavy (non-hydrogen) atoms. The first-order chi connectivity index (χ1) is 7.37. The van der Waals surface area contributed by atoms with Crippen LogP contribution >= 0.6 is 0 Å². The quantitative estimate of drug-likeness (QED) is 0.658. The first-order valence-electron chi connectivity index (χ1n) is 4.72. The van der Waals surface area contributed by atoms with Crippen LogP contribution in [0.5, 0.6) is 0 Å². The minimum Gasteiger partial charge on any atom is -0.481 e. The van der Waals surface area contributed by atoms with E-state index in [1.807, 2.05) is 0 Å². The van der Waals surface area contributed by atoms with Gasteiger partial charge in [-0.1, -0.05) is 0 Å². The van der Waals surface area contributed by atoms with Gasteiger partial charge in [-0.25, -0.2) is 4.79 Å². The van der Waals surface area contributed by atoms with Gasteiger partial charge in [0.15, 0.2) is 0 Å². The minimum absolute atomic E-state index is 0.0912. The molecule has 0 aromatic rings. The molecule has 0 radical (unpaired) electrons. The van der Waals surface area contributed by atoms with Gasteiger partial charge in [-0.2, -0.15) is 0 Å². The molecule has 0 spiro atoms. The highest BCUT2D eigenvalue weighted by Crippen LogP contribution is 2.35. The summed E-state index contributed by atoms with van der Waals surface area (Å²) in [6.07, 6.45) is -0.337. The number of Topliss-reactive ketones (excluding diaryl/α,β-unsaturated/α-hetero) is 1. The van der Waals surface area contributed by atoms with Crippen molar-refractivity contribution < 1.29 is 28.8 Å². The second-order valence-electron chi connectivity index (χ2n) is 3.84. The number of hydrogen-bond donors (Lipinski definition) is 2. The Bertz CT molecular complexity index is 351. The summed E-state index contributed by atoms with van der Waals surface area (Å²) in [5.74, 6) is -3.49. The lowest BCUT2D eigenvalue weighted by Crippen LogP contribution is -2.41. The SMILES string of the molecule is O=C(O)C(=O)CC1(C(=O)O)CCS(=O)CC1. The third-order valence-corrected chi connectivity index (χ3v) is 4.13. The summed E-state index contributed by atoms with van der Waals surface area (Å²) in [6.45, 7) is 0. The molecule has 0 bridgehead atoms. The lowest BCUT2D eigenvalue weighted by molar-refractivity contribution is -0.156. The molecule has 0 aromatic carbocycles. The third-order valence-electron chi connectivity index (χ3n) is 2.81. The van der Waals surface area contributed by atoms with Crippen molar-refractivity contribution in [1.82, 2.24) is 0 Å². The average molecular weight is 248 g/mol. The minimum atomic E-state index is -1.62. The van der Waals surface area contributed by atoms with Gasteiger partial charge >= 0.3 is 11.9 Å². The van der Waals surface area contributed by atoms with Gasteiger partial charge in [-0.15, -0.1) is 0 Å². The van der Waals surface area contributed by atoms with E-state index in [4.69, 9.17) is 10.2 Å². The molecule has 0 aromatic heterocycles. The monoisotopic (exact) mass is 248 g/mol. The van der Waals surface area contributed by atoms with Crippen LogP contribution in [0.3, 0.4) is 0 Å². The Hall–Kier alpha value is -1.24. The van der Waals surface area contributed by atoms with Crippen molar-refractivity contribution in [3.05, 3.63) is 0 Å². The Morgan fingerprint density at radius 1 is 1.12 bits per heavy atom. The normalized spacial score (nSPS) is 29.6. The molecule has 6 nitrogen and oxygen atoms in total. The number of carbonyl (C=O) groups is 3. The van der Waals surface area contributed by atoms with Crippen LogP contribution in [0.15, 0.2) is 0 Å². The van der Waals surface area contributed by atoms with Crippen molar-refractivity contribution in [3.63, 3.8) is 0 Å². The molecule has 2 N–H and O–H groups in total. The number of hydrogen-bond acceptors (Lipinski definition) is 4. The highest BCUT2D eigenvalue weighted by Gasteiger charge is 2.44. The topological polar surface area (TPSA) is 109 Å². The van der Waals surface area contributed by atoms with Crippen LogP contribution in [0.2, 0.25) is 0 Å². The van der Waals surface area contributed by atoms with Crippen LogP contribution in [0, 0.1) is 5.41 Å². The van der Waals surface area contributed by atoms with Crippen LogP contribution in [-0.4, -0.2) is 43.6 Å². The Morgan fingerprint density at radius 2 is 1.62 bits per heavy atom. The van der Waals surface area contributed by atoms with E-state index >= 15 is 0 Å². The second kappa shape index (κ2) is 4.73. The lowest BCUT2D eigenvalue weighted by Gasteiger charge is -2.31. The molecule has 1 aliphatic heterocycles. The van der Waals surface area contributed by atoms with E-state index in [9.17, 15) is 18.6 Å². The molecule has 1 heterocycles. The van der Waals surface area contributed by atoms with Crippen molar-refractivity contribution in [2.75, 3.05) is 11.5 Å². The van der Waals surface area contributed by atoms with Crippen molar-refractivity contribution in [2.24, 2.45) is 5.41 Å². The van der Waals surface area contributed by atoms with Crippen molar-refractivity contribution in [2.45, 2.75) is 19.3 Å². The highest BCUT2D eigenvalue weighted by molar-refractivity contribution is 7.85. The van der Waals surface area contributed by atoms with Gasteiger partial charge < -0.3 is 10.2 Å². The maximum atomic E-state index is 11.1. The van der Waals surface area contributed by atoms with Gasteiger partial charge in [0, 0.05) is 28.7 Å². The summed E-state index contributed by atoms with van der Waals surface area (Å²) in [6, 6.07) is 0. The largest absolute Gasteiger partial charge is 0.481 e. The van der Waals surface area contributed by atoms with Crippen LogP contribution in [0.1, 0.15) is 19.3 Å². The fourth-order valence-electron chi connectivity index (χ4n) is 1.69. The van der Waals surface area contributed by atoms with E-state index < -0.39 is 40.4 Å². The Kier molecular flexibility index (Phi) is 3.79. The summed E-state index contributed by atoms with van der Waals surface area (Å²) >= 11 is 0. The zero-order valence-corrected chi connectivity index (χ0v) is 9.29. The maximum absolute atomic E-state index is 11.1. The molecule has 1 rings (SSSR count). The fourth-order valence-corrected chi connectivity index (χ4v) is 3.14. The van der Waals surface area contributed by atoms with Crippen molar-refractivity contribution in [3.8, 4) is 0 Å². The van der Waals surface area contributed by atoms with Gasteiger partial charge in [0.1, 0.15) is 0 Å². The number of ketones is 1. The Labute approximate surface area is 94.1 Å². The van der Waals surface area contributed by atoms with Crippen molar-refractivity contribution in [1.29, 1.82) is 0 Å². The van der Waals surface area contributed by atoms with E-state index in [1.54, 1.807) is 0 Å². The van der Waals surface area contributed by atoms with Crippen LogP contribution in [0.4, 0.5) is 0 Å². The van der Waals surface area contributed by atoms with E-state index in [0.717, 1.165) is 0 Å². The van der Waals surface area contributed by atoms with E-state index in [2.05, 4.69) is 0 Å². The van der Waals surface area contributed by atoms with Crippen molar-refractivity contribution >= 4 is 28.5 Å². The molecular formula is C9H12O6S. The number of rotatable bonds is 4. The number of aliphatic carboxylic acids is 2. The van der Waals surface area contributed by atoms with E-state index in [1.165, 1.54) is 0 Å². The Morgan fingerprint density at radius 3 is 2.00 bits per heavy atom. The highest BCUT2D eigenvalue weighted by atomic mass is 32.2. The van der Waals surface area contributed by atoms with E-state index in [-0.39, 0.29) is 24.3 Å². The first kappa shape index (κ1) is 12.8. The summed E-state index contributed by atoms with van der Waals surface area (Å²) in [5, 5.41) is 17.5. The lowest BCUT2D eigenvalue weighted by atomic mass is 9.77. The molecule has 1 aliphatic rings. The molecule has 1 fully saturated rings. The average Bonchev–Trinajstić information content (AvgIpc) is 2.21. The molecule has 0 saturated carbocycles. The van der Waals surface area contributed by atoms with Gasteiger partial charge in [0.05, 0.1) is 5.41 Å². The first-order valence-corrected chi connectivity index (χ1v) is 6.21. The summed E-state index contributed by atoms with van der Waals surface area (Å²) in [5.41, 5.74) is -1.34. The van der Waals surface area contributed by atoms with Crippen LogP contribution in [0.25, 0.3) is 0 Å². The summed E-state index contributed by atoms with van der Waals surface area (Å²) in [4.78, 5) is 32.6. The maximum Gasteiger partial charge on any atom is 0.372 e. The van der Waals surface area contributed by atoms with E-state index in [0.29, 0.717) is 0 Å². The zero-order chi connectivity index (χ0) is 12.3. The number of carbonyl (C=O) groups excluding carboxylic acids is 1. The fraction of sp³-hybridized carbons (Fsp3) is 0.667. The molecule has 0 atom stereocenters. The van der Waals surface area contributed by atoms with Gasteiger partial charge in [0.25, 0.3) is 0 Å². The molecule has 1 saturated heterocycles. The molecule has 7 heteroatoms. The second-order valence-corrected chi connectivity index (χ2v) is 5.53. The predicted molar refractivity (Wildman–Crippen MR) is 54.4 cm³/mol. The van der Waals surface area contributed by atoms with Crippen LogP contribution in [-0.2, 0) is 25.2 Å². The number of carboxylic acid groups (broad SMARTS) is 2. The smallest absolute Gasteiger partial charge is 0.372 e. The summed E-state index contributed by atoms with van der Waals surface area (Å²) < 4.78 is 11.1. The van der Waals surface area contributed by atoms with Crippen LogP contribution < -0.4 is 0 Å². The molecule has 0 unspecified atom stereocenters. The summed E-state index contributed by atoms with van der Waals surface area (Å²) in [7, 11) is -1.05. The van der Waals surface area contributed by atoms with Gasteiger partial charge in [-0.3, -0.25) is 13.8 Å². The molecule has 0 amide bonds. The predicted octanol–water partition coefficient (Wildman–Crippen LogP) is -0.356.